The van der Waals surface area contributed by atoms with Crippen molar-refractivity contribution in [1.82, 2.24) is 15.4 Å². The maximum Gasteiger partial charge on any atom is 0.240 e. The fourth-order valence-corrected chi connectivity index (χ4v) is 2.24. The topological polar surface area (TPSA) is 70.4 Å². The van der Waals surface area contributed by atoms with Crippen molar-refractivity contribution in [1.29, 1.82) is 0 Å². The molecule has 1 saturated heterocycles. The van der Waals surface area contributed by atoms with E-state index >= 15 is 0 Å². The highest BCUT2D eigenvalue weighted by molar-refractivity contribution is 5.91. The van der Waals surface area contributed by atoms with Gasteiger partial charge >= 0.3 is 0 Å². The third-order valence-electron chi connectivity index (χ3n) is 3.59. The van der Waals surface area contributed by atoms with Gasteiger partial charge in [-0.05, 0) is 20.0 Å². The number of carbonyl (C=O) groups excluding carboxylic acids is 1. The van der Waals surface area contributed by atoms with Crippen molar-refractivity contribution in [2.75, 3.05) is 32.0 Å². The average Bonchev–Trinajstić information content (AvgIpc) is 2.97. The molecule has 1 unspecified atom stereocenters. The van der Waals surface area contributed by atoms with Gasteiger partial charge in [-0.3, -0.25) is 15.0 Å². The number of likely N-dealkylation sites (N-methyl/N-ethyl adjacent to an activating group) is 1. The van der Waals surface area contributed by atoms with Gasteiger partial charge in [0.15, 0.2) is 0 Å². The summed E-state index contributed by atoms with van der Waals surface area (Å²) in [5.41, 5.74) is 0.750. The molecule has 0 saturated carbocycles. The van der Waals surface area contributed by atoms with Gasteiger partial charge in [0.1, 0.15) is 0 Å². The Morgan fingerprint density at radius 2 is 2.35 bits per heavy atom. The van der Waals surface area contributed by atoms with Gasteiger partial charge in [0, 0.05) is 24.1 Å². The Morgan fingerprint density at radius 3 is 2.90 bits per heavy atom. The fraction of sp³-hybridized carbons (Fsp3) is 0.714. The lowest BCUT2D eigenvalue weighted by Gasteiger charge is -2.22. The molecule has 1 amide bonds. The van der Waals surface area contributed by atoms with Gasteiger partial charge in [0.2, 0.25) is 11.8 Å². The molecule has 2 heterocycles. The Balaban J connectivity index is 1.86. The first-order chi connectivity index (χ1) is 9.36. The van der Waals surface area contributed by atoms with Crippen LogP contribution < -0.4 is 10.6 Å². The molecule has 0 aromatic carbocycles. The fourth-order valence-electron chi connectivity index (χ4n) is 2.24. The monoisotopic (exact) mass is 280 g/mol. The van der Waals surface area contributed by atoms with Crippen molar-refractivity contribution < 1.29 is 9.32 Å². The van der Waals surface area contributed by atoms with E-state index in [9.17, 15) is 4.79 Å². The van der Waals surface area contributed by atoms with E-state index in [4.69, 9.17) is 4.52 Å². The maximum atomic E-state index is 12.0. The van der Waals surface area contributed by atoms with Crippen LogP contribution in [0.1, 0.15) is 32.9 Å². The minimum atomic E-state index is -0.0845. The summed E-state index contributed by atoms with van der Waals surface area (Å²) in [4.78, 5) is 14.0. The predicted molar refractivity (Wildman–Crippen MR) is 77.7 cm³/mol. The largest absolute Gasteiger partial charge is 0.338 e. The lowest BCUT2D eigenvalue weighted by atomic mass is 9.92. The molecule has 1 aliphatic rings. The summed E-state index contributed by atoms with van der Waals surface area (Å²) in [7, 11) is 1.97. The zero-order valence-electron chi connectivity index (χ0n) is 12.7. The van der Waals surface area contributed by atoms with Crippen LogP contribution in [0.2, 0.25) is 0 Å². The van der Waals surface area contributed by atoms with Gasteiger partial charge in [-0.15, -0.1) is 0 Å². The summed E-state index contributed by atoms with van der Waals surface area (Å²) in [6, 6.07) is 2.22. The first-order valence-electron chi connectivity index (χ1n) is 7.04. The summed E-state index contributed by atoms with van der Waals surface area (Å²) >= 11 is 0. The maximum absolute atomic E-state index is 12.0. The van der Waals surface area contributed by atoms with E-state index < -0.39 is 0 Å². The van der Waals surface area contributed by atoms with Crippen molar-refractivity contribution in [3.63, 3.8) is 0 Å². The average molecular weight is 280 g/mol. The van der Waals surface area contributed by atoms with Crippen molar-refractivity contribution in [2.24, 2.45) is 0 Å². The normalized spacial score (nSPS) is 19.6. The molecular weight excluding hydrogens is 256 g/mol. The number of aromatic nitrogens is 1. The molecule has 2 rings (SSSR count). The van der Waals surface area contributed by atoms with Crippen molar-refractivity contribution in [3.05, 3.63) is 11.8 Å². The molecule has 6 heteroatoms. The van der Waals surface area contributed by atoms with Crippen LogP contribution >= 0.6 is 0 Å². The van der Waals surface area contributed by atoms with Gasteiger partial charge in [-0.25, -0.2) is 0 Å². The minimum absolute atomic E-state index is 0.0731. The van der Waals surface area contributed by atoms with E-state index in [1.165, 1.54) is 0 Å². The van der Waals surface area contributed by atoms with Crippen LogP contribution in [0.4, 0.5) is 5.88 Å². The van der Waals surface area contributed by atoms with Crippen LogP contribution in [0.5, 0.6) is 0 Å². The first kappa shape index (κ1) is 15.0. The zero-order chi connectivity index (χ0) is 14.8. The van der Waals surface area contributed by atoms with Crippen LogP contribution in [0, 0.1) is 0 Å². The molecule has 1 aliphatic heterocycles. The molecule has 1 atom stereocenters. The highest BCUT2D eigenvalue weighted by atomic mass is 16.5. The number of hydrogen-bond donors (Lipinski definition) is 2. The third kappa shape index (κ3) is 3.80. The second kappa shape index (κ2) is 5.93. The lowest BCUT2D eigenvalue weighted by Crippen LogP contribution is -2.39. The van der Waals surface area contributed by atoms with Gasteiger partial charge in [-0.2, -0.15) is 0 Å². The molecule has 0 aliphatic carbocycles. The Bertz CT molecular complexity index is 458. The zero-order valence-corrected chi connectivity index (χ0v) is 12.7. The van der Waals surface area contributed by atoms with E-state index in [1.807, 2.05) is 7.05 Å². The second-order valence-electron chi connectivity index (χ2n) is 6.44. The lowest BCUT2D eigenvalue weighted by molar-refractivity contribution is -0.117. The van der Waals surface area contributed by atoms with Gasteiger partial charge < -0.3 is 9.84 Å². The molecule has 1 fully saturated rings. The number of hydrogen-bond acceptors (Lipinski definition) is 5. The molecule has 1 aromatic rings. The Hall–Kier alpha value is -1.40. The van der Waals surface area contributed by atoms with Crippen LogP contribution in [0.15, 0.2) is 10.6 Å². The van der Waals surface area contributed by atoms with E-state index in [2.05, 4.69) is 41.5 Å². The molecule has 0 spiro atoms. The molecule has 2 N–H and O–H groups in total. The molecule has 0 bridgehead atoms. The molecule has 6 nitrogen and oxygen atoms in total. The van der Waals surface area contributed by atoms with E-state index in [0.29, 0.717) is 18.5 Å². The van der Waals surface area contributed by atoms with Crippen molar-refractivity contribution in [3.8, 4) is 0 Å². The quantitative estimate of drug-likeness (QED) is 0.867. The minimum Gasteiger partial charge on any atom is -0.338 e. The highest BCUT2D eigenvalue weighted by Crippen LogP contribution is 2.23. The molecule has 20 heavy (non-hydrogen) atoms. The van der Waals surface area contributed by atoms with Gasteiger partial charge in [0.25, 0.3) is 0 Å². The molecule has 0 radical (unpaired) electrons. The first-order valence-corrected chi connectivity index (χ1v) is 7.04. The summed E-state index contributed by atoms with van der Waals surface area (Å²) < 4.78 is 5.16. The van der Waals surface area contributed by atoms with Crippen molar-refractivity contribution in [2.45, 2.75) is 38.6 Å². The SMILES string of the molecule is CN(CC(=O)Nc1cc(C(C)(C)C)no1)C1CCNC1. The highest BCUT2D eigenvalue weighted by Gasteiger charge is 2.22. The molecule has 1 aromatic heterocycles. The molecular formula is C14H24N4O2. The predicted octanol–water partition coefficient (Wildman–Crippen LogP) is 1.20. The van der Waals surface area contributed by atoms with Gasteiger partial charge in [-0.1, -0.05) is 25.9 Å². The Labute approximate surface area is 119 Å². The van der Waals surface area contributed by atoms with Gasteiger partial charge in [0.05, 0.1) is 12.2 Å². The number of amides is 1. The smallest absolute Gasteiger partial charge is 0.240 e. The number of carbonyl (C=O) groups is 1. The van der Waals surface area contributed by atoms with Crippen LogP contribution in [-0.4, -0.2) is 48.7 Å². The standard InChI is InChI=1S/C14H24N4O2/c1-14(2,3)11-7-13(20-17-11)16-12(19)9-18(4)10-5-6-15-8-10/h7,10,15H,5-6,8-9H2,1-4H3,(H,16,19). The van der Waals surface area contributed by atoms with E-state index in [0.717, 1.165) is 25.2 Å². The van der Waals surface area contributed by atoms with E-state index in [1.54, 1.807) is 6.07 Å². The number of nitrogens with zero attached hydrogens (tertiary/aromatic N) is 2. The summed E-state index contributed by atoms with van der Waals surface area (Å²) in [6.45, 7) is 8.48. The number of nitrogens with one attached hydrogen (secondary N) is 2. The molecule has 112 valence electrons. The van der Waals surface area contributed by atoms with Crippen LogP contribution in [0.3, 0.4) is 0 Å². The number of anilines is 1. The summed E-state index contributed by atoms with van der Waals surface area (Å²) in [6.07, 6.45) is 1.08. The van der Waals surface area contributed by atoms with E-state index in [-0.39, 0.29) is 11.3 Å². The third-order valence-corrected chi connectivity index (χ3v) is 3.59. The Morgan fingerprint density at radius 1 is 1.60 bits per heavy atom. The van der Waals surface area contributed by atoms with Crippen molar-refractivity contribution >= 4 is 11.8 Å². The second-order valence-corrected chi connectivity index (χ2v) is 6.44. The van der Waals surface area contributed by atoms with Crippen LogP contribution in [-0.2, 0) is 10.2 Å². The Kier molecular flexibility index (Phi) is 4.45. The summed E-state index contributed by atoms with van der Waals surface area (Å²) in [5, 5.41) is 10.0. The summed E-state index contributed by atoms with van der Waals surface area (Å²) in [5.74, 6) is 0.342. The number of rotatable bonds is 4. The van der Waals surface area contributed by atoms with Crippen LogP contribution in [0.25, 0.3) is 0 Å².